The predicted molar refractivity (Wildman–Crippen MR) is 117 cm³/mol. The molecule has 2 N–H and O–H groups in total. The molecular formula is C24H23F4N3O4. The third-order valence-corrected chi connectivity index (χ3v) is 5.19. The number of carboxylic acids is 1. The summed E-state index contributed by atoms with van der Waals surface area (Å²) in [5.74, 6) is -3.49. The summed E-state index contributed by atoms with van der Waals surface area (Å²) in [6.07, 6.45) is -2.54. The number of ether oxygens (including phenoxy) is 1. The van der Waals surface area contributed by atoms with Crippen molar-refractivity contribution in [1.82, 2.24) is 15.1 Å². The molecule has 1 aliphatic rings. The Morgan fingerprint density at radius 1 is 1.20 bits per heavy atom. The van der Waals surface area contributed by atoms with Crippen molar-refractivity contribution < 1.29 is 37.0 Å². The van der Waals surface area contributed by atoms with Crippen LogP contribution in [0.5, 0.6) is 0 Å². The summed E-state index contributed by atoms with van der Waals surface area (Å²) in [4.78, 5) is 21.4. The number of carbonyl (C=O) groups is 2. The fourth-order valence-electron chi connectivity index (χ4n) is 3.46. The van der Waals surface area contributed by atoms with Gasteiger partial charge in [-0.25, -0.2) is 9.18 Å². The van der Waals surface area contributed by atoms with Crippen molar-refractivity contribution in [3.05, 3.63) is 88.5 Å². The molecule has 186 valence electrons. The molecule has 3 aromatic rings. The van der Waals surface area contributed by atoms with Gasteiger partial charge in [-0.3, -0.25) is 9.48 Å². The largest absolute Gasteiger partial charge is 0.490 e. The van der Waals surface area contributed by atoms with Crippen LogP contribution in [0.15, 0.2) is 54.7 Å². The molecule has 1 aromatic heterocycles. The number of carbonyl (C=O) groups excluding carboxylic acids is 1. The number of nitrogens with one attached hydrogen (secondary N) is 1. The second-order valence-corrected chi connectivity index (χ2v) is 7.80. The Kier molecular flexibility index (Phi) is 8.23. The quantitative estimate of drug-likeness (QED) is 0.523. The van der Waals surface area contributed by atoms with Gasteiger partial charge in [-0.15, -0.1) is 0 Å². The molecule has 11 heteroatoms. The summed E-state index contributed by atoms with van der Waals surface area (Å²) >= 11 is 0. The van der Waals surface area contributed by atoms with Crippen molar-refractivity contribution in [1.29, 1.82) is 0 Å². The Balaban J connectivity index is 0.000000429. The number of halogens is 4. The van der Waals surface area contributed by atoms with Crippen LogP contribution in [0.1, 0.15) is 38.8 Å². The van der Waals surface area contributed by atoms with E-state index in [1.54, 1.807) is 13.0 Å². The van der Waals surface area contributed by atoms with E-state index >= 15 is 0 Å². The maximum atomic E-state index is 13.5. The van der Waals surface area contributed by atoms with Crippen LogP contribution in [0.4, 0.5) is 17.6 Å². The first-order valence-electron chi connectivity index (χ1n) is 10.6. The van der Waals surface area contributed by atoms with E-state index in [-0.39, 0.29) is 12.0 Å². The summed E-state index contributed by atoms with van der Waals surface area (Å²) in [6.45, 7) is 3.36. The molecule has 1 aliphatic heterocycles. The molecular weight excluding hydrogens is 470 g/mol. The molecule has 4 rings (SSSR count). The number of aliphatic carboxylic acids is 1. The molecule has 7 nitrogen and oxygen atoms in total. The molecule has 35 heavy (non-hydrogen) atoms. The SMILES string of the molecule is Cc1ccc(F)cc1C(=O)NCC1OCCc2cn(Cc3ccccc3)nc21.O=C(O)C(F)(F)F. The number of nitrogens with zero attached hydrogens (tertiary/aromatic N) is 2. The lowest BCUT2D eigenvalue weighted by Gasteiger charge is -2.22. The van der Waals surface area contributed by atoms with Crippen molar-refractivity contribution in [3.63, 3.8) is 0 Å². The highest BCUT2D eigenvalue weighted by molar-refractivity contribution is 5.95. The van der Waals surface area contributed by atoms with Crippen molar-refractivity contribution in [2.75, 3.05) is 13.2 Å². The molecule has 0 bridgehead atoms. The van der Waals surface area contributed by atoms with E-state index in [1.165, 1.54) is 17.7 Å². The van der Waals surface area contributed by atoms with E-state index in [2.05, 4.69) is 23.6 Å². The number of aryl methyl sites for hydroxylation is 1. The summed E-state index contributed by atoms with van der Waals surface area (Å²) in [6, 6.07) is 14.3. The van der Waals surface area contributed by atoms with Gasteiger partial charge in [0.25, 0.3) is 5.91 Å². The van der Waals surface area contributed by atoms with Crippen molar-refractivity contribution in [3.8, 4) is 0 Å². The molecule has 0 spiro atoms. The molecule has 0 fully saturated rings. The molecule has 0 radical (unpaired) electrons. The predicted octanol–water partition coefficient (Wildman–Crippen LogP) is 4.06. The van der Waals surface area contributed by atoms with Gasteiger partial charge in [0.2, 0.25) is 0 Å². The van der Waals surface area contributed by atoms with Gasteiger partial charge < -0.3 is 15.2 Å². The number of carboxylic acid groups (broad SMARTS) is 1. The zero-order chi connectivity index (χ0) is 25.6. The maximum Gasteiger partial charge on any atom is 0.490 e. The van der Waals surface area contributed by atoms with Crippen LogP contribution in [0.25, 0.3) is 0 Å². The summed E-state index contributed by atoms with van der Waals surface area (Å²) in [7, 11) is 0. The van der Waals surface area contributed by atoms with E-state index in [1.807, 2.05) is 22.9 Å². The lowest BCUT2D eigenvalue weighted by atomic mass is 10.1. The first-order valence-corrected chi connectivity index (χ1v) is 10.6. The van der Waals surface area contributed by atoms with Gasteiger partial charge >= 0.3 is 12.1 Å². The standard InChI is InChI=1S/C22H22FN3O2.C2HF3O2/c1-15-7-8-18(23)11-19(15)22(27)24-12-20-21-17(9-10-28-20)14-26(25-21)13-16-5-3-2-4-6-16;3-2(4,5)1(6)7/h2-8,11,14,20H,9-10,12-13H2,1H3,(H,24,27);(H,6,7). The lowest BCUT2D eigenvalue weighted by Crippen LogP contribution is -2.32. The molecule has 0 aliphatic carbocycles. The second kappa shape index (κ2) is 11.1. The highest BCUT2D eigenvalue weighted by atomic mass is 19.4. The molecule has 1 atom stereocenters. The van der Waals surface area contributed by atoms with Crippen LogP contribution in [0.2, 0.25) is 0 Å². The summed E-state index contributed by atoms with van der Waals surface area (Å²) in [5, 5.41) is 14.7. The van der Waals surface area contributed by atoms with Gasteiger partial charge in [0, 0.05) is 18.3 Å². The highest BCUT2D eigenvalue weighted by Gasteiger charge is 2.38. The molecule has 0 saturated carbocycles. The van der Waals surface area contributed by atoms with Gasteiger partial charge in [0.05, 0.1) is 18.8 Å². The van der Waals surface area contributed by atoms with Crippen LogP contribution in [-0.4, -0.2) is 46.1 Å². The van der Waals surface area contributed by atoms with E-state index < -0.39 is 18.0 Å². The number of amides is 1. The van der Waals surface area contributed by atoms with Crippen molar-refractivity contribution in [2.24, 2.45) is 0 Å². The second-order valence-electron chi connectivity index (χ2n) is 7.80. The van der Waals surface area contributed by atoms with Crippen molar-refractivity contribution >= 4 is 11.9 Å². The summed E-state index contributed by atoms with van der Waals surface area (Å²) in [5.41, 5.74) is 4.25. The minimum atomic E-state index is -5.08. The monoisotopic (exact) mass is 493 g/mol. The number of rotatable bonds is 5. The third-order valence-electron chi connectivity index (χ3n) is 5.19. The number of hydrogen-bond acceptors (Lipinski definition) is 4. The van der Waals surface area contributed by atoms with Gasteiger partial charge in [-0.05, 0) is 42.2 Å². The van der Waals surface area contributed by atoms with Crippen LogP contribution < -0.4 is 5.32 Å². The van der Waals surface area contributed by atoms with Crippen LogP contribution in [0.3, 0.4) is 0 Å². The minimum Gasteiger partial charge on any atom is -0.475 e. The fourth-order valence-corrected chi connectivity index (χ4v) is 3.46. The molecule has 2 aromatic carbocycles. The van der Waals surface area contributed by atoms with Crippen molar-refractivity contribution in [2.45, 2.75) is 32.2 Å². The van der Waals surface area contributed by atoms with E-state index in [0.717, 1.165) is 23.2 Å². The van der Waals surface area contributed by atoms with E-state index in [0.29, 0.717) is 25.3 Å². The first kappa shape index (κ1) is 25.9. The Bertz CT molecular complexity index is 1180. The smallest absolute Gasteiger partial charge is 0.475 e. The molecule has 0 saturated heterocycles. The number of hydrogen-bond donors (Lipinski definition) is 2. The Morgan fingerprint density at radius 2 is 1.89 bits per heavy atom. The molecule has 1 unspecified atom stereocenters. The Morgan fingerprint density at radius 3 is 2.54 bits per heavy atom. The van der Waals surface area contributed by atoms with E-state index in [9.17, 15) is 22.4 Å². The third kappa shape index (κ3) is 7.12. The lowest BCUT2D eigenvalue weighted by molar-refractivity contribution is -0.192. The average molecular weight is 493 g/mol. The summed E-state index contributed by atoms with van der Waals surface area (Å²) < 4.78 is 53.0. The van der Waals surface area contributed by atoms with Crippen LogP contribution in [0, 0.1) is 12.7 Å². The topological polar surface area (TPSA) is 93.5 Å². The first-order chi connectivity index (χ1) is 16.5. The van der Waals surface area contributed by atoms with Crippen LogP contribution >= 0.6 is 0 Å². The number of benzene rings is 2. The number of alkyl halides is 3. The van der Waals surface area contributed by atoms with Gasteiger partial charge in [-0.1, -0.05) is 36.4 Å². The van der Waals surface area contributed by atoms with Gasteiger partial charge in [0.15, 0.2) is 0 Å². The Labute approximate surface area is 198 Å². The highest BCUT2D eigenvalue weighted by Crippen LogP contribution is 2.25. The number of aromatic nitrogens is 2. The average Bonchev–Trinajstić information content (AvgIpc) is 3.22. The van der Waals surface area contributed by atoms with Crippen LogP contribution in [-0.2, 0) is 22.5 Å². The zero-order valence-corrected chi connectivity index (χ0v) is 18.7. The minimum absolute atomic E-state index is 0.296. The molecule has 2 heterocycles. The van der Waals surface area contributed by atoms with E-state index in [4.69, 9.17) is 19.7 Å². The number of fused-ring (bicyclic) bond motifs is 1. The Hall–Kier alpha value is -3.73. The van der Waals surface area contributed by atoms with Gasteiger partial charge in [0.1, 0.15) is 11.9 Å². The normalized spacial score (nSPS) is 14.9. The maximum absolute atomic E-state index is 13.5. The molecule has 1 amide bonds. The fraction of sp³-hybridized carbons (Fsp3) is 0.292. The zero-order valence-electron chi connectivity index (χ0n) is 18.7. The van der Waals surface area contributed by atoms with Gasteiger partial charge in [-0.2, -0.15) is 18.3 Å².